The fourth-order valence-corrected chi connectivity index (χ4v) is 3.71. The molecule has 0 aliphatic heterocycles. The number of hydrogen-bond acceptors (Lipinski definition) is 3. The molecule has 1 heterocycles. The number of amides is 1. The minimum atomic E-state index is 0. The molecule has 3 rings (SSSR count). The van der Waals surface area contributed by atoms with Gasteiger partial charge in [-0.2, -0.15) is 5.10 Å². The molecule has 5 nitrogen and oxygen atoms in total. The number of rotatable bonds is 7. The maximum Gasteiger partial charge on any atom is 0.220 e. The van der Waals surface area contributed by atoms with Crippen LogP contribution < -0.4 is 11.1 Å². The third kappa shape index (κ3) is 5.58. The summed E-state index contributed by atoms with van der Waals surface area (Å²) in [6, 6.07) is 10.2. The Labute approximate surface area is 161 Å². The van der Waals surface area contributed by atoms with Gasteiger partial charge in [0.05, 0.1) is 12.7 Å². The molecule has 142 valence electrons. The standard InChI is InChI=1S/C20H28N4O.ClH/c21-16-20(9-5-2-6-10-20)11-19(25)22-12-18-13-23-24(15-18)14-17-7-3-1-4-8-17;/h1,3-4,7-8,13,15H,2,5-6,9-12,14,16,21H2,(H,22,25);1H. The van der Waals surface area contributed by atoms with Crippen LogP contribution >= 0.6 is 12.4 Å². The Morgan fingerprint density at radius 3 is 2.58 bits per heavy atom. The van der Waals surface area contributed by atoms with Crippen LogP contribution in [0, 0.1) is 5.41 Å². The summed E-state index contributed by atoms with van der Waals surface area (Å²) in [7, 11) is 0. The molecule has 0 saturated heterocycles. The molecule has 1 aliphatic carbocycles. The summed E-state index contributed by atoms with van der Waals surface area (Å²) in [6.45, 7) is 1.87. The molecule has 0 unspecified atom stereocenters. The van der Waals surface area contributed by atoms with Crippen molar-refractivity contribution in [2.24, 2.45) is 11.1 Å². The molecule has 6 heteroatoms. The smallest absolute Gasteiger partial charge is 0.220 e. The van der Waals surface area contributed by atoms with E-state index in [0.29, 0.717) is 19.5 Å². The first-order valence-electron chi connectivity index (χ1n) is 9.21. The molecular weight excluding hydrogens is 348 g/mol. The zero-order valence-electron chi connectivity index (χ0n) is 15.2. The normalized spacial score (nSPS) is 15.9. The largest absolute Gasteiger partial charge is 0.352 e. The van der Waals surface area contributed by atoms with E-state index in [-0.39, 0.29) is 23.7 Å². The quantitative estimate of drug-likeness (QED) is 0.778. The molecule has 1 aromatic heterocycles. The molecule has 2 aromatic rings. The molecule has 3 N–H and O–H groups in total. The Hall–Kier alpha value is -1.85. The third-order valence-electron chi connectivity index (χ3n) is 5.25. The molecule has 0 radical (unpaired) electrons. The molecule has 1 aliphatic rings. The Balaban J connectivity index is 0.00000243. The zero-order chi connectivity index (χ0) is 17.5. The van der Waals surface area contributed by atoms with Gasteiger partial charge >= 0.3 is 0 Å². The van der Waals surface area contributed by atoms with E-state index in [0.717, 1.165) is 24.9 Å². The Kier molecular flexibility index (Phi) is 7.66. The lowest BCUT2D eigenvalue weighted by Crippen LogP contribution is -2.38. The predicted octanol–water partition coefficient (Wildman–Crippen LogP) is 3.27. The van der Waals surface area contributed by atoms with Crippen molar-refractivity contribution in [3.63, 3.8) is 0 Å². The Morgan fingerprint density at radius 2 is 1.88 bits per heavy atom. The van der Waals surface area contributed by atoms with E-state index in [4.69, 9.17) is 5.73 Å². The van der Waals surface area contributed by atoms with E-state index in [9.17, 15) is 4.79 Å². The van der Waals surface area contributed by atoms with Crippen LogP contribution in [0.2, 0.25) is 0 Å². The van der Waals surface area contributed by atoms with Gasteiger partial charge in [0.15, 0.2) is 0 Å². The van der Waals surface area contributed by atoms with Crippen LogP contribution in [0.4, 0.5) is 0 Å². The summed E-state index contributed by atoms with van der Waals surface area (Å²) in [5.41, 5.74) is 8.23. The summed E-state index contributed by atoms with van der Waals surface area (Å²) >= 11 is 0. The van der Waals surface area contributed by atoms with Crippen LogP contribution in [0.1, 0.15) is 49.7 Å². The van der Waals surface area contributed by atoms with Crippen molar-refractivity contribution in [2.45, 2.75) is 51.6 Å². The molecular formula is C20H29ClN4O. The minimum absolute atomic E-state index is 0. The maximum absolute atomic E-state index is 12.4. The Bertz CT molecular complexity index is 680. The number of halogens is 1. The maximum atomic E-state index is 12.4. The van der Waals surface area contributed by atoms with Crippen LogP contribution in [0.5, 0.6) is 0 Å². The fraction of sp³-hybridized carbons (Fsp3) is 0.500. The van der Waals surface area contributed by atoms with Crippen LogP contribution in [0.3, 0.4) is 0 Å². The van der Waals surface area contributed by atoms with Gasteiger partial charge in [-0.25, -0.2) is 0 Å². The highest BCUT2D eigenvalue weighted by Crippen LogP contribution is 2.38. The highest BCUT2D eigenvalue weighted by atomic mass is 35.5. The first kappa shape index (κ1) is 20.5. The summed E-state index contributed by atoms with van der Waals surface area (Å²) in [6.07, 6.45) is 10.2. The van der Waals surface area contributed by atoms with Crippen LogP contribution in [0.15, 0.2) is 42.7 Å². The number of benzene rings is 1. The second-order valence-corrected chi connectivity index (χ2v) is 7.25. The second kappa shape index (κ2) is 9.74. The van der Waals surface area contributed by atoms with Gasteiger partial charge in [-0.1, -0.05) is 49.6 Å². The van der Waals surface area contributed by atoms with Gasteiger partial charge in [-0.3, -0.25) is 9.48 Å². The van der Waals surface area contributed by atoms with Crippen molar-refractivity contribution in [1.29, 1.82) is 0 Å². The summed E-state index contributed by atoms with van der Waals surface area (Å²) < 4.78 is 1.90. The number of carbonyl (C=O) groups excluding carboxylic acids is 1. The molecule has 1 fully saturated rings. The highest BCUT2D eigenvalue weighted by molar-refractivity contribution is 5.85. The number of hydrogen-bond donors (Lipinski definition) is 2. The molecule has 0 spiro atoms. The topological polar surface area (TPSA) is 72.9 Å². The second-order valence-electron chi connectivity index (χ2n) is 7.25. The van der Waals surface area contributed by atoms with E-state index in [1.54, 1.807) is 0 Å². The van der Waals surface area contributed by atoms with Crippen molar-refractivity contribution in [1.82, 2.24) is 15.1 Å². The van der Waals surface area contributed by atoms with E-state index in [2.05, 4.69) is 22.5 Å². The third-order valence-corrected chi connectivity index (χ3v) is 5.25. The monoisotopic (exact) mass is 376 g/mol. The lowest BCUT2D eigenvalue weighted by atomic mass is 9.71. The molecule has 26 heavy (non-hydrogen) atoms. The SMILES string of the molecule is Cl.NCC1(CC(=O)NCc2cnn(Cc3ccccc3)c2)CCCCC1. The summed E-state index contributed by atoms with van der Waals surface area (Å²) in [5, 5.41) is 7.41. The van der Waals surface area contributed by atoms with Gasteiger partial charge in [0.1, 0.15) is 0 Å². The molecule has 1 amide bonds. The summed E-state index contributed by atoms with van der Waals surface area (Å²) in [5.74, 6) is 0.100. The number of aromatic nitrogens is 2. The number of carbonyl (C=O) groups is 1. The van der Waals surface area contributed by atoms with Crippen molar-refractivity contribution in [3.05, 3.63) is 53.9 Å². The van der Waals surface area contributed by atoms with Crippen LogP contribution in [-0.4, -0.2) is 22.2 Å². The van der Waals surface area contributed by atoms with Crippen LogP contribution in [0.25, 0.3) is 0 Å². The number of nitrogens with one attached hydrogen (secondary N) is 1. The average molecular weight is 377 g/mol. The van der Waals surface area contributed by atoms with Crippen molar-refractivity contribution >= 4 is 18.3 Å². The molecule has 1 saturated carbocycles. The number of nitrogens with two attached hydrogens (primary N) is 1. The van der Waals surface area contributed by atoms with Gasteiger partial charge in [0, 0.05) is 24.7 Å². The minimum Gasteiger partial charge on any atom is -0.352 e. The van der Waals surface area contributed by atoms with Gasteiger partial charge in [0.25, 0.3) is 0 Å². The first-order chi connectivity index (χ1) is 12.2. The van der Waals surface area contributed by atoms with Crippen molar-refractivity contribution in [2.75, 3.05) is 6.54 Å². The predicted molar refractivity (Wildman–Crippen MR) is 106 cm³/mol. The number of nitrogens with zero attached hydrogens (tertiary/aromatic N) is 2. The van der Waals surface area contributed by atoms with Gasteiger partial charge in [-0.05, 0) is 30.4 Å². The average Bonchev–Trinajstić information content (AvgIpc) is 3.09. The van der Waals surface area contributed by atoms with E-state index >= 15 is 0 Å². The van der Waals surface area contributed by atoms with E-state index in [1.165, 1.54) is 24.8 Å². The highest BCUT2D eigenvalue weighted by Gasteiger charge is 2.32. The summed E-state index contributed by atoms with van der Waals surface area (Å²) in [4.78, 5) is 12.4. The van der Waals surface area contributed by atoms with Crippen molar-refractivity contribution < 1.29 is 4.79 Å². The zero-order valence-corrected chi connectivity index (χ0v) is 16.0. The van der Waals surface area contributed by atoms with Crippen LogP contribution in [-0.2, 0) is 17.9 Å². The van der Waals surface area contributed by atoms with Gasteiger partial charge in [-0.15, -0.1) is 12.4 Å². The molecule has 0 bridgehead atoms. The van der Waals surface area contributed by atoms with Gasteiger partial charge in [0.2, 0.25) is 5.91 Å². The van der Waals surface area contributed by atoms with Crippen molar-refractivity contribution in [3.8, 4) is 0 Å². The lowest BCUT2D eigenvalue weighted by Gasteiger charge is -2.35. The Morgan fingerprint density at radius 1 is 1.15 bits per heavy atom. The first-order valence-corrected chi connectivity index (χ1v) is 9.21. The van der Waals surface area contributed by atoms with E-state index in [1.807, 2.05) is 35.3 Å². The molecule has 0 atom stereocenters. The van der Waals surface area contributed by atoms with E-state index < -0.39 is 0 Å². The lowest BCUT2D eigenvalue weighted by molar-refractivity contribution is -0.124. The fourth-order valence-electron chi connectivity index (χ4n) is 3.71. The van der Waals surface area contributed by atoms with Gasteiger partial charge < -0.3 is 11.1 Å². The molecule has 1 aromatic carbocycles.